The van der Waals surface area contributed by atoms with Crippen molar-refractivity contribution in [1.29, 1.82) is 0 Å². The molecule has 1 heterocycles. The molecule has 2 atom stereocenters. The van der Waals surface area contributed by atoms with Crippen LogP contribution in [0, 0.1) is 5.82 Å². The largest absolute Gasteiger partial charge is 0.367 e. The minimum Gasteiger partial charge on any atom is -0.367 e. The number of anilines is 1. The van der Waals surface area contributed by atoms with Crippen LogP contribution >= 0.6 is 0 Å². The van der Waals surface area contributed by atoms with Gasteiger partial charge in [-0.2, -0.15) is 0 Å². The molecule has 0 bridgehead atoms. The van der Waals surface area contributed by atoms with Crippen LogP contribution in [-0.4, -0.2) is 37.1 Å². The Hall–Kier alpha value is -1.13. The zero-order chi connectivity index (χ0) is 14.7. The molecular weight excluding hydrogens is 253 g/mol. The fraction of sp³-hybridized carbons (Fsp3) is 0.625. The topological polar surface area (TPSA) is 32.5 Å². The van der Waals surface area contributed by atoms with E-state index >= 15 is 0 Å². The molecule has 0 saturated carbocycles. The lowest BCUT2D eigenvalue weighted by Crippen LogP contribution is -2.37. The van der Waals surface area contributed by atoms with Crippen molar-refractivity contribution in [3.05, 3.63) is 29.6 Å². The van der Waals surface area contributed by atoms with E-state index in [1.54, 1.807) is 6.07 Å². The van der Waals surface area contributed by atoms with Gasteiger partial charge in [-0.1, -0.05) is 26.0 Å². The van der Waals surface area contributed by atoms with E-state index in [2.05, 4.69) is 23.6 Å². The summed E-state index contributed by atoms with van der Waals surface area (Å²) < 4.78 is 14.2. The van der Waals surface area contributed by atoms with Crippen LogP contribution in [0.3, 0.4) is 0 Å². The van der Waals surface area contributed by atoms with Crippen LogP contribution in [0.1, 0.15) is 38.8 Å². The summed E-state index contributed by atoms with van der Waals surface area (Å²) in [7, 11) is 0. The van der Waals surface area contributed by atoms with Crippen LogP contribution in [0.2, 0.25) is 0 Å². The van der Waals surface area contributed by atoms with Crippen molar-refractivity contribution in [2.45, 2.75) is 39.3 Å². The summed E-state index contributed by atoms with van der Waals surface area (Å²) in [6.07, 6.45) is 1.09. The summed E-state index contributed by atoms with van der Waals surface area (Å²) in [5.41, 5.74) is 7.61. The molecule has 20 heavy (non-hydrogen) atoms. The highest BCUT2D eigenvalue weighted by atomic mass is 19.1. The second-order valence-electron chi connectivity index (χ2n) is 5.58. The van der Waals surface area contributed by atoms with Crippen LogP contribution < -0.4 is 10.6 Å². The van der Waals surface area contributed by atoms with Gasteiger partial charge in [0.05, 0.1) is 5.69 Å². The number of nitrogens with two attached hydrogens (primary N) is 1. The minimum atomic E-state index is -0.153. The third kappa shape index (κ3) is 2.96. The predicted octanol–water partition coefficient (Wildman–Crippen LogP) is 2.77. The van der Waals surface area contributed by atoms with Crippen molar-refractivity contribution >= 4 is 5.69 Å². The Labute approximate surface area is 121 Å². The maximum Gasteiger partial charge on any atom is 0.146 e. The standard InChI is InChI=1S/C16H26FN3/c1-4-19(5-2)13-9-10-20(11-13)16-14(12(3)18)7-6-8-15(16)17/h6-8,12-13H,4-5,9-11,18H2,1-3H3/t12-,13?/m1/s1. The van der Waals surface area contributed by atoms with Gasteiger partial charge < -0.3 is 10.6 Å². The molecule has 0 aromatic heterocycles. The van der Waals surface area contributed by atoms with Gasteiger partial charge in [-0.15, -0.1) is 0 Å². The lowest BCUT2D eigenvalue weighted by molar-refractivity contribution is 0.232. The van der Waals surface area contributed by atoms with Crippen molar-refractivity contribution in [1.82, 2.24) is 4.90 Å². The average molecular weight is 279 g/mol. The highest BCUT2D eigenvalue weighted by molar-refractivity contribution is 5.57. The number of benzene rings is 1. The summed E-state index contributed by atoms with van der Waals surface area (Å²) in [5.74, 6) is -0.153. The summed E-state index contributed by atoms with van der Waals surface area (Å²) >= 11 is 0. The Morgan fingerprint density at radius 3 is 2.70 bits per heavy atom. The first kappa shape index (κ1) is 15.3. The number of rotatable bonds is 5. The number of nitrogens with zero attached hydrogens (tertiary/aromatic N) is 2. The lowest BCUT2D eigenvalue weighted by atomic mass is 10.1. The molecule has 1 saturated heterocycles. The van der Waals surface area contributed by atoms with E-state index in [4.69, 9.17) is 5.73 Å². The molecule has 0 radical (unpaired) electrons. The monoisotopic (exact) mass is 279 g/mol. The molecule has 2 rings (SSSR count). The second-order valence-corrected chi connectivity index (χ2v) is 5.58. The molecule has 1 aliphatic rings. The van der Waals surface area contributed by atoms with Crippen LogP contribution in [-0.2, 0) is 0 Å². The third-order valence-corrected chi connectivity index (χ3v) is 4.32. The summed E-state index contributed by atoms with van der Waals surface area (Å²) in [6, 6.07) is 5.59. The highest BCUT2D eigenvalue weighted by Gasteiger charge is 2.29. The SMILES string of the molecule is CCN(CC)C1CCN(c2c(F)cccc2[C@@H](C)N)C1. The van der Waals surface area contributed by atoms with Crippen LogP contribution in [0.25, 0.3) is 0 Å². The maximum absolute atomic E-state index is 14.2. The molecule has 0 amide bonds. The summed E-state index contributed by atoms with van der Waals surface area (Å²) in [5, 5.41) is 0. The van der Waals surface area contributed by atoms with E-state index < -0.39 is 0 Å². The third-order valence-electron chi connectivity index (χ3n) is 4.32. The van der Waals surface area contributed by atoms with E-state index in [9.17, 15) is 4.39 Å². The highest BCUT2D eigenvalue weighted by Crippen LogP contribution is 2.31. The molecule has 1 aliphatic heterocycles. The van der Waals surface area contributed by atoms with Gasteiger partial charge in [0.25, 0.3) is 0 Å². The van der Waals surface area contributed by atoms with E-state index in [-0.39, 0.29) is 11.9 Å². The molecule has 112 valence electrons. The molecule has 3 nitrogen and oxygen atoms in total. The van der Waals surface area contributed by atoms with Crippen molar-refractivity contribution < 1.29 is 4.39 Å². The Bertz CT molecular complexity index is 443. The van der Waals surface area contributed by atoms with E-state index in [0.29, 0.717) is 11.7 Å². The normalized spacial score (nSPS) is 20.7. The van der Waals surface area contributed by atoms with Crippen LogP contribution in [0.15, 0.2) is 18.2 Å². The smallest absolute Gasteiger partial charge is 0.146 e. The number of likely N-dealkylation sites (N-methyl/N-ethyl adjacent to an activating group) is 1. The zero-order valence-corrected chi connectivity index (χ0v) is 12.8. The molecule has 1 unspecified atom stereocenters. The summed E-state index contributed by atoms with van der Waals surface area (Å²) in [6.45, 7) is 10.2. The van der Waals surface area contributed by atoms with E-state index in [1.807, 2.05) is 13.0 Å². The number of para-hydroxylation sites is 1. The Morgan fingerprint density at radius 1 is 1.40 bits per heavy atom. The first-order valence-electron chi connectivity index (χ1n) is 7.61. The minimum absolute atomic E-state index is 0.145. The van der Waals surface area contributed by atoms with Crippen LogP contribution in [0.4, 0.5) is 10.1 Å². The van der Waals surface area contributed by atoms with Crippen molar-refractivity contribution in [2.75, 3.05) is 31.1 Å². The van der Waals surface area contributed by atoms with Gasteiger partial charge >= 0.3 is 0 Å². The van der Waals surface area contributed by atoms with Gasteiger partial charge in [0.2, 0.25) is 0 Å². The Morgan fingerprint density at radius 2 is 2.10 bits per heavy atom. The second kappa shape index (κ2) is 6.55. The first-order valence-corrected chi connectivity index (χ1v) is 7.61. The van der Waals surface area contributed by atoms with Gasteiger partial charge in [-0.25, -0.2) is 4.39 Å². The van der Waals surface area contributed by atoms with Crippen LogP contribution in [0.5, 0.6) is 0 Å². The molecule has 4 heteroatoms. The maximum atomic E-state index is 14.2. The Kier molecular flexibility index (Phi) is 5.00. The van der Waals surface area contributed by atoms with Crippen molar-refractivity contribution in [3.63, 3.8) is 0 Å². The molecule has 0 aliphatic carbocycles. The zero-order valence-electron chi connectivity index (χ0n) is 12.8. The van der Waals surface area contributed by atoms with Crippen molar-refractivity contribution in [2.24, 2.45) is 5.73 Å². The summed E-state index contributed by atoms with van der Waals surface area (Å²) in [4.78, 5) is 4.61. The number of hydrogen-bond donors (Lipinski definition) is 1. The van der Waals surface area contributed by atoms with Gasteiger partial charge in [0.1, 0.15) is 5.82 Å². The fourth-order valence-electron chi connectivity index (χ4n) is 3.22. The number of hydrogen-bond acceptors (Lipinski definition) is 3. The number of halogens is 1. The first-order chi connectivity index (χ1) is 9.58. The molecule has 1 fully saturated rings. The molecule has 2 N–H and O–H groups in total. The predicted molar refractivity (Wildman–Crippen MR) is 82.5 cm³/mol. The Balaban J connectivity index is 2.22. The molecule has 0 spiro atoms. The molecule has 1 aromatic carbocycles. The van der Waals surface area contributed by atoms with E-state index in [1.165, 1.54) is 6.07 Å². The quantitative estimate of drug-likeness (QED) is 0.899. The fourth-order valence-corrected chi connectivity index (χ4v) is 3.22. The van der Waals surface area contributed by atoms with Gasteiger partial charge in [0.15, 0.2) is 0 Å². The van der Waals surface area contributed by atoms with Crippen molar-refractivity contribution in [3.8, 4) is 0 Å². The van der Waals surface area contributed by atoms with E-state index in [0.717, 1.165) is 38.2 Å². The molecule has 1 aromatic rings. The molecular formula is C16H26FN3. The lowest BCUT2D eigenvalue weighted by Gasteiger charge is -2.28. The van der Waals surface area contributed by atoms with Gasteiger partial charge in [0, 0.05) is 25.2 Å². The van der Waals surface area contributed by atoms with Gasteiger partial charge in [-0.05, 0) is 38.1 Å². The van der Waals surface area contributed by atoms with Gasteiger partial charge in [-0.3, -0.25) is 4.90 Å². The average Bonchev–Trinajstić information content (AvgIpc) is 2.89.